The Bertz CT molecular complexity index is 653. The summed E-state index contributed by atoms with van der Waals surface area (Å²) in [6, 6.07) is 8.23. The van der Waals surface area contributed by atoms with Crippen LogP contribution < -0.4 is 5.73 Å². The monoisotopic (exact) mass is 241 g/mol. The van der Waals surface area contributed by atoms with Gasteiger partial charge in [-0.3, -0.25) is 0 Å². The van der Waals surface area contributed by atoms with E-state index in [9.17, 15) is 0 Å². The predicted octanol–water partition coefficient (Wildman–Crippen LogP) is 2.08. The van der Waals surface area contributed by atoms with Crippen molar-refractivity contribution in [1.29, 1.82) is 0 Å². The van der Waals surface area contributed by atoms with Crippen molar-refractivity contribution in [2.24, 2.45) is 0 Å². The number of para-hydroxylation sites is 2. The highest BCUT2D eigenvalue weighted by atomic mass is 15.2. The molecule has 0 aliphatic carbocycles. The third-order valence-electron chi connectivity index (χ3n) is 3.10. The number of hydrogen-bond donors (Lipinski definition) is 1. The van der Waals surface area contributed by atoms with E-state index in [0.717, 1.165) is 17.6 Å². The zero-order valence-electron chi connectivity index (χ0n) is 10.2. The van der Waals surface area contributed by atoms with Gasteiger partial charge in [0, 0.05) is 18.9 Å². The van der Waals surface area contributed by atoms with Crippen LogP contribution in [0, 0.1) is 0 Å². The summed E-state index contributed by atoms with van der Waals surface area (Å²) in [5.41, 5.74) is 8.02. The molecule has 5 heteroatoms. The number of nitrogens with zero attached hydrogens (tertiary/aromatic N) is 4. The molecule has 1 aromatic carbocycles. The lowest BCUT2D eigenvalue weighted by molar-refractivity contribution is 0.479. The Morgan fingerprint density at radius 1 is 1.33 bits per heavy atom. The molecule has 3 rings (SSSR count). The molecule has 2 aromatic heterocycles. The topological polar surface area (TPSA) is 61.7 Å². The van der Waals surface area contributed by atoms with Gasteiger partial charge in [0.2, 0.25) is 5.95 Å². The van der Waals surface area contributed by atoms with Gasteiger partial charge in [-0.25, -0.2) is 9.97 Å². The molecule has 0 aliphatic heterocycles. The van der Waals surface area contributed by atoms with Crippen LogP contribution in [0.3, 0.4) is 0 Å². The summed E-state index contributed by atoms with van der Waals surface area (Å²) in [6.45, 7) is 2.95. The Morgan fingerprint density at radius 2 is 2.17 bits per heavy atom. The highest BCUT2D eigenvalue weighted by Gasteiger charge is 2.13. The van der Waals surface area contributed by atoms with Crippen molar-refractivity contribution in [2.75, 3.05) is 5.73 Å². The summed E-state index contributed by atoms with van der Waals surface area (Å²) in [5.74, 6) is 0.559. The summed E-state index contributed by atoms with van der Waals surface area (Å²) in [7, 11) is 0. The second-order valence-corrected chi connectivity index (χ2v) is 4.44. The predicted molar refractivity (Wildman–Crippen MR) is 71.1 cm³/mol. The van der Waals surface area contributed by atoms with Crippen LogP contribution in [0.1, 0.15) is 13.0 Å². The molecular weight excluding hydrogens is 226 g/mol. The van der Waals surface area contributed by atoms with Gasteiger partial charge in [0.15, 0.2) is 0 Å². The molecule has 0 aliphatic rings. The van der Waals surface area contributed by atoms with Crippen molar-refractivity contribution in [3.8, 4) is 0 Å². The number of hydrogen-bond acceptors (Lipinski definition) is 3. The highest BCUT2D eigenvalue weighted by molar-refractivity contribution is 5.78. The van der Waals surface area contributed by atoms with Crippen molar-refractivity contribution >= 4 is 17.0 Å². The second-order valence-electron chi connectivity index (χ2n) is 4.44. The number of aromatic nitrogens is 4. The lowest BCUT2D eigenvalue weighted by Crippen LogP contribution is -2.14. The molecule has 1 atom stereocenters. The number of rotatable bonds is 3. The zero-order chi connectivity index (χ0) is 12.5. The van der Waals surface area contributed by atoms with E-state index in [4.69, 9.17) is 5.73 Å². The first-order chi connectivity index (χ1) is 8.75. The van der Waals surface area contributed by atoms with Crippen LogP contribution in [0.15, 0.2) is 43.0 Å². The SMILES string of the molecule is CC(Cn1ccnc1)n1c(N)nc2ccccc21. The van der Waals surface area contributed by atoms with E-state index in [0.29, 0.717) is 5.95 Å². The van der Waals surface area contributed by atoms with E-state index in [2.05, 4.69) is 21.5 Å². The molecule has 0 fully saturated rings. The van der Waals surface area contributed by atoms with Crippen LogP contribution in [0.25, 0.3) is 11.0 Å². The van der Waals surface area contributed by atoms with Crippen LogP contribution in [0.2, 0.25) is 0 Å². The standard InChI is InChI=1S/C13H15N5/c1-10(8-17-7-6-15-9-17)18-12-5-3-2-4-11(12)16-13(18)14/h2-7,9-10H,8H2,1H3,(H2,14,16). The molecule has 2 N–H and O–H groups in total. The minimum Gasteiger partial charge on any atom is -0.369 e. The van der Waals surface area contributed by atoms with Gasteiger partial charge in [-0.15, -0.1) is 0 Å². The summed E-state index contributed by atoms with van der Waals surface area (Å²) in [4.78, 5) is 8.43. The molecule has 3 aromatic rings. The first-order valence-corrected chi connectivity index (χ1v) is 5.94. The van der Waals surface area contributed by atoms with E-state index >= 15 is 0 Å². The third kappa shape index (κ3) is 1.73. The van der Waals surface area contributed by atoms with Gasteiger partial charge < -0.3 is 14.9 Å². The number of imidazole rings is 2. The van der Waals surface area contributed by atoms with Crippen molar-refractivity contribution in [3.05, 3.63) is 43.0 Å². The van der Waals surface area contributed by atoms with Crippen LogP contribution >= 0.6 is 0 Å². The van der Waals surface area contributed by atoms with Gasteiger partial charge in [0.25, 0.3) is 0 Å². The zero-order valence-corrected chi connectivity index (χ0v) is 10.2. The number of fused-ring (bicyclic) bond motifs is 1. The largest absolute Gasteiger partial charge is 0.369 e. The quantitative estimate of drug-likeness (QED) is 0.763. The number of benzene rings is 1. The van der Waals surface area contributed by atoms with Gasteiger partial charge in [0.1, 0.15) is 0 Å². The second kappa shape index (κ2) is 4.18. The summed E-state index contributed by atoms with van der Waals surface area (Å²) >= 11 is 0. The summed E-state index contributed by atoms with van der Waals surface area (Å²) < 4.78 is 4.11. The van der Waals surface area contributed by atoms with Crippen molar-refractivity contribution in [2.45, 2.75) is 19.5 Å². The Hall–Kier alpha value is -2.30. The molecule has 0 spiro atoms. The molecule has 0 radical (unpaired) electrons. The smallest absolute Gasteiger partial charge is 0.201 e. The Kier molecular flexibility index (Phi) is 2.51. The maximum absolute atomic E-state index is 6.01. The number of anilines is 1. The van der Waals surface area contributed by atoms with Crippen molar-refractivity contribution in [3.63, 3.8) is 0 Å². The Labute approximate surface area is 105 Å². The lowest BCUT2D eigenvalue weighted by atomic mass is 10.2. The fraction of sp³-hybridized carbons (Fsp3) is 0.231. The van der Waals surface area contributed by atoms with Gasteiger partial charge in [-0.2, -0.15) is 0 Å². The minimum atomic E-state index is 0.228. The molecule has 1 unspecified atom stereocenters. The third-order valence-corrected chi connectivity index (χ3v) is 3.10. The van der Waals surface area contributed by atoms with Gasteiger partial charge in [0.05, 0.1) is 23.4 Å². The number of nitrogens with two attached hydrogens (primary N) is 1. The molecule has 0 bridgehead atoms. The van der Waals surface area contributed by atoms with Crippen molar-refractivity contribution < 1.29 is 0 Å². The molecule has 18 heavy (non-hydrogen) atoms. The normalized spacial score (nSPS) is 12.9. The Morgan fingerprint density at radius 3 is 2.94 bits per heavy atom. The minimum absolute atomic E-state index is 0.228. The van der Waals surface area contributed by atoms with Gasteiger partial charge in [-0.1, -0.05) is 12.1 Å². The lowest BCUT2D eigenvalue weighted by Gasteiger charge is -2.16. The Balaban J connectivity index is 2.00. The molecule has 2 heterocycles. The maximum Gasteiger partial charge on any atom is 0.201 e. The van der Waals surface area contributed by atoms with Gasteiger partial charge in [-0.05, 0) is 19.1 Å². The fourth-order valence-corrected chi connectivity index (χ4v) is 2.31. The first-order valence-electron chi connectivity index (χ1n) is 5.94. The van der Waals surface area contributed by atoms with Crippen LogP contribution in [0.4, 0.5) is 5.95 Å². The number of nitrogen functional groups attached to an aromatic ring is 1. The van der Waals surface area contributed by atoms with Crippen LogP contribution in [0.5, 0.6) is 0 Å². The van der Waals surface area contributed by atoms with Crippen LogP contribution in [-0.4, -0.2) is 19.1 Å². The maximum atomic E-state index is 6.01. The molecule has 0 saturated heterocycles. The fourth-order valence-electron chi connectivity index (χ4n) is 2.31. The molecular formula is C13H15N5. The van der Waals surface area contributed by atoms with Gasteiger partial charge >= 0.3 is 0 Å². The van der Waals surface area contributed by atoms with E-state index in [-0.39, 0.29) is 6.04 Å². The van der Waals surface area contributed by atoms with E-state index in [1.54, 1.807) is 6.20 Å². The van der Waals surface area contributed by atoms with Crippen molar-refractivity contribution in [1.82, 2.24) is 19.1 Å². The van der Waals surface area contributed by atoms with E-state index in [1.807, 2.05) is 41.4 Å². The molecule has 92 valence electrons. The van der Waals surface area contributed by atoms with E-state index < -0.39 is 0 Å². The first kappa shape index (κ1) is 10.8. The average molecular weight is 241 g/mol. The average Bonchev–Trinajstić information content (AvgIpc) is 2.94. The highest BCUT2D eigenvalue weighted by Crippen LogP contribution is 2.23. The molecule has 0 saturated carbocycles. The van der Waals surface area contributed by atoms with E-state index in [1.165, 1.54) is 0 Å². The summed E-state index contributed by atoms with van der Waals surface area (Å²) in [5, 5.41) is 0. The molecule has 0 amide bonds. The van der Waals surface area contributed by atoms with Crippen LogP contribution in [-0.2, 0) is 6.54 Å². The summed E-state index contributed by atoms with van der Waals surface area (Å²) in [6.07, 6.45) is 5.54. The molecule has 5 nitrogen and oxygen atoms in total.